The number of esters is 1. The van der Waals surface area contributed by atoms with Crippen LogP contribution in [-0.4, -0.2) is 49.6 Å². The summed E-state index contributed by atoms with van der Waals surface area (Å²) >= 11 is 0. The van der Waals surface area contributed by atoms with Crippen LogP contribution in [0.2, 0.25) is 0 Å². The predicted octanol–water partition coefficient (Wildman–Crippen LogP) is 3.20. The van der Waals surface area contributed by atoms with Gasteiger partial charge in [-0.1, -0.05) is 24.3 Å². The van der Waals surface area contributed by atoms with E-state index in [-0.39, 0.29) is 18.1 Å². The summed E-state index contributed by atoms with van der Waals surface area (Å²) in [6, 6.07) is 14.4. The molecular formula is C24H29N3O6S. The monoisotopic (exact) mass is 487 g/mol. The summed E-state index contributed by atoms with van der Waals surface area (Å²) in [7, 11) is 0.410. The Labute approximate surface area is 199 Å². The molecule has 9 nitrogen and oxygen atoms in total. The third kappa shape index (κ3) is 5.40. The second kappa shape index (κ2) is 10.3. The van der Waals surface area contributed by atoms with Gasteiger partial charge in [-0.3, -0.25) is 0 Å². The zero-order valence-corrected chi connectivity index (χ0v) is 20.7. The van der Waals surface area contributed by atoms with Crippen molar-refractivity contribution in [3.05, 3.63) is 72.2 Å². The van der Waals surface area contributed by atoms with Crippen LogP contribution in [0.25, 0.3) is 0 Å². The van der Waals surface area contributed by atoms with Crippen molar-refractivity contribution in [2.24, 2.45) is 0 Å². The van der Waals surface area contributed by atoms with Crippen LogP contribution in [0.3, 0.4) is 0 Å². The summed E-state index contributed by atoms with van der Waals surface area (Å²) in [4.78, 5) is 16.3. The molecule has 1 heterocycles. The van der Waals surface area contributed by atoms with E-state index in [1.807, 2.05) is 24.3 Å². The molecule has 1 aromatic heterocycles. The molecule has 0 amide bonds. The Morgan fingerprint density at radius 2 is 1.38 bits per heavy atom. The van der Waals surface area contributed by atoms with E-state index in [4.69, 9.17) is 14.2 Å². The highest BCUT2D eigenvalue weighted by Gasteiger charge is 2.34. The van der Waals surface area contributed by atoms with Gasteiger partial charge in [-0.25, -0.2) is 18.2 Å². The number of rotatable bonds is 10. The first-order chi connectivity index (χ1) is 16.1. The Balaban J connectivity index is 1.96. The van der Waals surface area contributed by atoms with Crippen LogP contribution >= 0.6 is 0 Å². The van der Waals surface area contributed by atoms with E-state index in [2.05, 4.69) is 4.98 Å². The second-order valence-electron chi connectivity index (χ2n) is 8.14. The van der Waals surface area contributed by atoms with Gasteiger partial charge in [0.05, 0.1) is 27.7 Å². The van der Waals surface area contributed by atoms with Crippen LogP contribution in [0.1, 0.15) is 25.0 Å². The van der Waals surface area contributed by atoms with E-state index in [0.717, 1.165) is 11.1 Å². The smallest absolute Gasteiger partial charge is 0.331 e. The highest BCUT2D eigenvalue weighted by atomic mass is 32.2. The standard InChI is InChI=1S/C24H29N3O6S/c1-24(2,23(28)33-5)26-16-22(25-17-26)34(29,30)27(14-18-6-10-20(31-3)11-7-18)15-19-8-12-21(32-4)13-9-19/h6-13,16-17H,14-15H2,1-5H3. The Bertz CT molecular complexity index is 1170. The fourth-order valence-corrected chi connectivity index (χ4v) is 4.66. The predicted molar refractivity (Wildman–Crippen MR) is 126 cm³/mol. The van der Waals surface area contributed by atoms with Gasteiger partial charge in [0.1, 0.15) is 17.0 Å². The molecule has 10 heteroatoms. The minimum atomic E-state index is -4.01. The highest BCUT2D eigenvalue weighted by Crippen LogP contribution is 2.25. The normalized spacial score (nSPS) is 11.9. The molecule has 0 atom stereocenters. The minimum absolute atomic E-state index is 0.117. The molecule has 0 unspecified atom stereocenters. The fourth-order valence-electron chi connectivity index (χ4n) is 3.33. The van der Waals surface area contributed by atoms with Gasteiger partial charge in [0.15, 0.2) is 5.03 Å². The van der Waals surface area contributed by atoms with Crippen molar-refractivity contribution in [1.29, 1.82) is 0 Å². The zero-order valence-electron chi connectivity index (χ0n) is 19.9. The molecule has 3 rings (SSSR count). The lowest BCUT2D eigenvalue weighted by molar-refractivity contribution is -0.149. The molecular weight excluding hydrogens is 458 g/mol. The molecule has 3 aromatic rings. The molecule has 0 spiro atoms. The van der Waals surface area contributed by atoms with Crippen LogP contribution in [-0.2, 0) is 38.2 Å². The Kier molecular flexibility index (Phi) is 7.63. The van der Waals surface area contributed by atoms with Gasteiger partial charge >= 0.3 is 5.97 Å². The van der Waals surface area contributed by atoms with Gasteiger partial charge in [-0.05, 0) is 49.2 Å². The molecule has 182 valence electrons. The van der Waals surface area contributed by atoms with Gasteiger partial charge < -0.3 is 18.8 Å². The van der Waals surface area contributed by atoms with Gasteiger partial charge in [-0.15, -0.1) is 0 Å². The van der Waals surface area contributed by atoms with E-state index in [9.17, 15) is 13.2 Å². The molecule has 0 N–H and O–H groups in total. The first-order valence-electron chi connectivity index (χ1n) is 10.5. The second-order valence-corrected chi connectivity index (χ2v) is 10.0. The lowest BCUT2D eigenvalue weighted by Gasteiger charge is -2.23. The van der Waals surface area contributed by atoms with Crippen molar-refractivity contribution in [1.82, 2.24) is 13.9 Å². The van der Waals surface area contributed by atoms with Crippen molar-refractivity contribution in [3.8, 4) is 11.5 Å². The number of aromatic nitrogens is 2. The molecule has 0 saturated heterocycles. The van der Waals surface area contributed by atoms with Crippen molar-refractivity contribution in [3.63, 3.8) is 0 Å². The fraction of sp³-hybridized carbons (Fsp3) is 0.333. The average molecular weight is 488 g/mol. The summed E-state index contributed by atoms with van der Waals surface area (Å²) in [5, 5.41) is -0.161. The van der Waals surface area contributed by atoms with Crippen LogP contribution in [0.5, 0.6) is 11.5 Å². The molecule has 0 aliphatic carbocycles. The number of ether oxygens (including phenoxy) is 3. The van der Waals surface area contributed by atoms with E-state index in [0.29, 0.717) is 11.5 Å². The first-order valence-corrected chi connectivity index (χ1v) is 11.9. The summed E-state index contributed by atoms with van der Waals surface area (Å²) < 4.78 is 45.3. The lowest BCUT2D eigenvalue weighted by Crippen LogP contribution is -2.36. The van der Waals surface area contributed by atoms with E-state index >= 15 is 0 Å². The molecule has 0 fully saturated rings. The van der Waals surface area contributed by atoms with Gasteiger partial charge in [0, 0.05) is 19.3 Å². The largest absolute Gasteiger partial charge is 0.497 e. The molecule has 0 saturated carbocycles. The SMILES string of the molecule is COC(=O)C(C)(C)n1cnc(S(=O)(=O)N(Cc2ccc(OC)cc2)Cc2ccc(OC)cc2)c1. The molecule has 34 heavy (non-hydrogen) atoms. The Morgan fingerprint density at radius 1 is 0.912 bits per heavy atom. The van der Waals surface area contributed by atoms with Crippen molar-refractivity contribution in [2.75, 3.05) is 21.3 Å². The van der Waals surface area contributed by atoms with Gasteiger partial charge in [-0.2, -0.15) is 4.31 Å². The number of imidazole rings is 1. The topological polar surface area (TPSA) is 100.0 Å². The van der Waals surface area contributed by atoms with Crippen molar-refractivity contribution < 1.29 is 27.4 Å². The number of hydrogen-bond donors (Lipinski definition) is 0. The van der Waals surface area contributed by atoms with Crippen LogP contribution < -0.4 is 9.47 Å². The van der Waals surface area contributed by atoms with Gasteiger partial charge in [0.2, 0.25) is 0 Å². The Morgan fingerprint density at radius 3 is 1.79 bits per heavy atom. The summed E-state index contributed by atoms with van der Waals surface area (Å²) in [5.74, 6) is 0.844. The van der Waals surface area contributed by atoms with Gasteiger partial charge in [0.25, 0.3) is 10.0 Å². The number of nitrogens with zero attached hydrogens (tertiary/aromatic N) is 3. The molecule has 0 radical (unpaired) electrons. The Hall–Kier alpha value is -3.37. The maximum absolute atomic E-state index is 13.7. The average Bonchev–Trinajstić information content (AvgIpc) is 3.36. The summed E-state index contributed by atoms with van der Waals surface area (Å²) in [5.41, 5.74) is 0.450. The maximum Gasteiger partial charge on any atom is 0.331 e. The number of sulfonamides is 1. The summed E-state index contributed by atoms with van der Waals surface area (Å²) in [6.07, 6.45) is 2.67. The van der Waals surface area contributed by atoms with Crippen LogP contribution in [0.4, 0.5) is 0 Å². The third-order valence-corrected chi connectivity index (χ3v) is 7.21. The van der Waals surface area contributed by atoms with Crippen LogP contribution in [0, 0.1) is 0 Å². The van der Waals surface area contributed by atoms with Crippen molar-refractivity contribution >= 4 is 16.0 Å². The summed E-state index contributed by atoms with van der Waals surface area (Å²) in [6.45, 7) is 3.49. The third-order valence-electron chi connectivity index (χ3n) is 5.53. The van der Waals surface area contributed by atoms with Crippen LogP contribution in [0.15, 0.2) is 66.1 Å². The first kappa shape index (κ1) is 25.3. The minimum Gasteiger partial charge on any atom is -0.497 e. The lowest BCUT2D eigenvalue weighted by atomic mass is 10.1. The zero-order chi connectivity index (χ0) is 24.9. The number of carbonyl (C=O) groups excluding carboxylic acids is 1. The molecule has 2 aromatic carbocycles. The number of carbonyl (C=O) groups is 1. The molecule has 0 aliphatic rings. The highest BCUT2D eigenvalue weighted by molar-refractivity contribution is 7.89. The van der Waals surface area contributed by atoms with E-state index < -0.39 is 21.5 Å². The molecule has 0 bridgehead atoms. The van der Waals surface area contributed by atoms with E-state index in [1.54, 1.807) is 52.3 Å². The van der Waals surface area contributed by atoms with E-state index in [1.165, 1.54) is 28.5 Å². The maximum atomic E-state index is 13.7. The van der Waals surface area contributed by atoms with Crippen molar-refractivity contribution in [2.45, 2.75) is 37.5 Å². The molecule has 0 aliphatic heterocycles. The quantitative estimate of drug-likeness (QED) is 0.405. The number of methoxy groups -OCH3 is 3. The number of hydrogen-bond acceptors (Lipinski definition) is 7. The number of benzene rings is 2.